The fraction of sp³-hybridized carbons (Fsp3) is 0.500. The third-order valence-corrected chi connectivity index (χ3v) is 3.40. The maximum atomic E-state index is 13.5. The molecule has 19 heavy (non-hydrogen) atoms. The molecule has 1 aliphatic heterocycles. The van der Waals surface area contributed by atoms with Gasteiger partial charge in [-0.05, 0) is 62.1 Å². The summed E-state index contributed by atoms with van der Waals surface area (Å²) in [5, 5.41) is 3.46. The van der Waals surface area contributed by atoms with E-state index in [0.29, 0.717) is 0 Å². The molecule has 1 unspecified atom stereocenters. The standard InChI is InChI=1S/C16H22FNO/c1-3-9-18-16(15-6-4-5-10-19-15)14-11-13(17)8-7-12(14)2/h6-8,11,16,18H,3-5,9-10H2,1-2H3. The van der Waals surface area contributed by atoms with Gasteiger partial charge >= 0.3 is 0 Å². The summed E-state index contributed by atoms with van der Waals surface area (Å²) >= 11 is 0. The molecular formula is C16H22FNO. The van der Waals surface area contributed by atoms with Crippen LogP contribution in [-0.2, 0) is 4.74 Å². The van der Waals surface area contributed by atoms with Crippen molar-refractivity contribution in [2.24, 2.45) is 0 Å². The second-order valence-corrected chi connectivity index (χ2v) is 4.99. The van der Waals surface area contributed by atoms with Crippen LogP contribution in [0, 0.1) is 12.7 Å². The number of rotatable bonds is 5. The van der Waals surface area contributed by atoms with Gasteiger partial charge < -0.3 is 10.1 Å². The average molecular weight is 263 g/mol. The molecule has 1 atom stereocenters. The molecule has 0 amide bonds. The molecule has 0 saturated heterocycles. The van der Waals surface area contributed by atoms with Crippen LogP contribution < -0.4 is 5.32 Å². The van der Waals surface area contributed by atoms with Crippen LogP contribution in [0.15, 0.2) is 30.0 Å². The van der Waals surface area contributed by atoms with Crippen molar-refractivity contribution in [3.63, 3.8) is 0 Å². The van der Waals surface area contributed by atoms with Crippen LogP contribution in [0.25, 0.3) is 0 Å². The molecule has 1 aromatic rings. The largest absolute Gasteiger partial charge is 0.496 e. The fourth-order valence-electron chi connectivity index (χ4n) is 2.35. The van der Waals surface area contributed by atoms with Crippen LogP contribution in [0.3, 0.4) is 0 Å². The van der Waals surface area contributed by atoms with E-state index in [1.165, 1.54) is 6.07 Å². The Kier molecular flexibility index (Phi) is 4.97. The number of halogens is 1. The molecule has 0 radical (unpaired) electrons. The van der Waals surface area contributed by atoms with E-state index < -0.39 is 0 Å². The highest BCUT2D eigenvalue weighted by Gasteiger charge is 2.21. The van der Waals surface area contributed by atoms with Crippen molar-refractivity contribution in [3.8, 4) is 0 Å². The molecule has 3 heteroatoms. The first kappa shape index (κ1) is 14.1. The molecule has 1 N–H and O–H groups in total. The molecule has 0 spiro atoms. The fourth-order valence-corrected chi connectivity index (χ4v) is 2.35. The molecule has 0 saturated carbocycles. The summed E-state index contributed by atoms with van der Waals surface area (Å²) in [6, 6.07) is 4.91. The summed E-state index contributed by atoms with van der Waals surface area (Å²) in [7, 11) is 0. The Morgan fingerprint density at radius 2 is 2.26 bits per heavy atom. The lowest BCUT2D eigenvalue weighted by molar-refractivity contribution is 0.167. The van der Waals surface area contributed by atoms with E-state index in [0.717, 1.165) is 49.3 Å². The van der Waals surface area contributed by atoms with E-state index in [1.807, 2.05) is 13.0 Å². The third-order valence-electron chi connectivity index (χ3n) is 3.40. The summed E-state index contributed by atoms with van der Waals surface area (Å²) < 4.78 is 19.3. The summed E-state index contributed by atoms with van der Waals surface area (Å²) in [6.07, 6.45) is 5.26. The molecule has 1 aromatic carbocycles. The summed E-state index contributed by atoms with van der Waals surface area (Å²) in [5.74, 6) is 0.744. The van der Waals surface area contributed by atoms with Gasteiger partial charge in [0, 0.05) is 0 Å². The third kappa shape index (κ3) is 3.57. The molecule has 1 aliphatic rings. The van der Waals surface area contributed by atoms with E-state index >= 15 is 0 Å². The minimum Gasteiger partial charge on any atom is -0.496 e. The molecule has 2 rings (SSSR count). The van der Waals surface area contributed by atoms with Crippen LogP contribution in [0.4, 0.5) is 4.39 Å². The molecule has 1 heterocycles. The highest BCUT2D eigenvalue weighted by Crippen LogP contribution is 2.28. The number of hydrogen-bond donors (Lipinski definition) is 1. The first-order chi connectivity index (χ1) is 9.22. The van der Waals surface area contributed by atoms with E-state index in [2.05, 4.69) is 18.3 Å². The lowest BCUT2D eigenvalue weighted by Gasteiger charge is -2.26. The quantitative estimate of drug-likeness (QED) is 0.870. The van der Waals surface area contributed by atoms with Gasteiger partial charge in [0.25, 0.3) is 0 Å². The molecule has 0 fully saturated rings. The van der Waals surface area contributed by atoms with E-state index in [-0.39, 0.29) is 11.9 Å². The van der Waals surface area contributed by atoms with Crippen LogP contribution in [0.1, 0.15) is 43.4 Å². The van der Waals surface area contributed by atoms with E-state index in [1.54, 1.807) is 6.07 Å². The Morgan fingerprint density at radius 3 is 2.95 bits per heavy atom. The van der Waals surface area contributed by atoms with Crippen LogP contribution >= 0.6 is 0 Å². The number of benzene rings is 1. The van der Waals surface area contributed by atoms with Crippen LogP contribution in [0.2, 0.25) is 0 Å². The molecule has 0 aromatic heterocycles. The lowest BCUT2D eigenvalue weighted by Crippen LogP contribution is -2.27. The molecule has 104 valence electrons. The first-order valence-corrected chi connectivity index (χ1v) is 7.04. The minimum absolute atomic E-state index is 0.0315. The van der Waals surface area contributed by atoms with Gasteiger partial charge in [-0.1, -0.05) is 13.0 Å². The predicted octanol–water partition coefficient (Wildman–Crippen LogP) is 3.87. The topological polar surface area (TPSA) is 21.3 Å². The van der Waals surface area contributed by atoms with Gasteiger partial charge in [0.2, 0.25) is 0 Å². The summed E-state index contributed by atoms with van der Waals surface area (Å²) in [5.41, 5.74) is 2.06. The number of nitrogens with one attached hydrogen (secondary N) is 1. The Labute approximate surface area is 114 Å². The summed E-state index contributed by atoms with van der Waals surface area (Å²) in [6.45, 7) is 5.78. The van der Waals surface area contributed by atoms with Crippen LogP contribution in [0.5, 0.6) is 0 Å². The molecule has 0 bridgehead atoms. The molecule has 2 nitrogen and oxygen atoms in total. The highest BCUT2D eigenvalue weighted by atomic mass is 19.1. The van der Waals surface area contributed by atoms with Gasteiger partial charge in [0.1, 0.15) is 11.6 Å². The second-order valence-electron chi connectivity index (χ2n) is 4.99. The van der Waals surface area contributed by atoms with Crippen molar-refractivity contribution in [3.05, 3.63) is 47.0 Å². The van der Waals surface area contributed by atoms with Crippen molar-refractivity contribution in [1.82, 2.24) is 5.32 Å². The first-order valence-electron chi connectivity index (χ1n) is 7.04. The van der Waals surface area contributed by atoms with Crippen molar-refractivity contribution >= 4 is 0 Å². The number of allylic oxidation sites excluding steroid dienone is 1. The van der Waals surface area contributed by atoms with Gasteiger partial charge in [-0.25, -0.2) is 4.39 Å². The maximum absolute atomic E-state index is 13.5. The van der Waals surface area contributed by atoms with Crippen molar-refractivity contribution in [2.75, 3.05) is 13.2 Å². The van der Waals surface area contributed by atoms with Crippen molar-refractivity contribution in [2.45, 2.75) is 39.2 Å². The Morgan fingerprint density at radius 1 is 1.42 bits per heavy atom. The molecular weight excluding hydrogens is 241 g/mol. The number of aryl methyl sites for hydroxylation is 1. The van der Waals surface area contributed by atoms with Gasteiger partial charge in [-0.2, -0.15) is 0 Å². The second kappa shape index (κ2) is 6.71. The zero-order chi connectivity index (χ0) is 13.7. The summed E-state index contributed by atoms with van der Waals surface area (Å²) in [4.78, 5) is 0. The average Bonchev–Trinajstić information content (AvgIpc) is 2.44. The zero-order valence-corrected chi connectivity index (χ0v) is 11.7. The van der Waals surface area contributed by atoms with Crippen molar-refractivity contribution in [1.29, 1.82) is 0 Å². The number of ether oxygens (including phenoxy) is 1. The van der Waals surface area contributed by atoms with Gasteiger partial charge in [0.15, 0.2) is 0 Å². The van der Waals surface area contributed by atoms with Gasteiger partial charge in [-0.15, -0.1) is 0 Å². The van der Waals surface area contributed by atoms with E-state index in [9.17, 15) is 4.39 Å². The van der Waals surface area contributed by atoms with E-state index in [4.69, 9.17) is 4.74 Å². The lowest BCUT2D eigenvalue weighted by atomic mass is 9.98. The Bertz CT molecular complexity index is 456. The van der Waals surface area contributed by atoms with Crippen molar-refractivity contribution < 1.29 is 9.13 Å². The smallest absolute Gasteiger partial charge is 0.123 e. The minimum atomic E-state index is -0.194. The Hall–Kier alpha value is -1.35. The predicted molar refractivity (Wildman–Crippen MR) is 75.4 cm³/mol. The molecule has 0 aliphatic carbocycles. The SMILES string of the molecule is CCCNC(C1=CCCCO1)c1cc(F)ccc1C. The maximum Gasteiger partial charge on any atom is 0.123 e. The van der Waals surface area contributed by atoms with Gasteiger partial charge in [0.05, 0.1) is 12.6 Å². The van der Waals surface area contributed by atoms with Gasteiger partial charge in [-0.3, -0.25) is 0 Å². The Balaban J connectivity index is 2.30. The zero-order valence-electron chi connectivity index (χ0n) is 11.7. The monoisotopic (exact) mass is 263 g/mol. The highest BCUT2D eigenvalue weighted by molar-refractivity contribution is 5.34. The van der Waals surface area contributed by atoms with Crippen LogP contribution in [-0.4, -0.2) is 13.2 Å². The number of hydrogen-bond acceptors (Lipinski definition) is 2. The normalized spacial score (nSPS) is 16.7.